The molecule has 0 unspecified atom stereocenters. The molecule has 0 spiro atoms. The van der Waals surface area contributed by atoms with Gasteiger partial charge in [-0.25, -0.2) is 0 Å². The van der Waals surface area contributed by atoms with Gasteiger partial charge in [0.05, 0.1) is 119 Å². The Morgan fingerprint density at radius 2 is 0.795 bits per heavy atom. The quantitative estimate of drug-likeness (QED) is 0.0878. The van der Waals surface area contributed by atoms with Gasteiger partial charge in [0, 0.05) is 12.8 Å². The summed E-state index contributed by atoms with van der Waals surface area (Å²) in [6.07, 6.45) is 1.24. The summed E-state index contributed by atoms with van der Waals surface area (Å²) in [5.41, 5.74) is 1.15. The summed E-state index contributed by atoms with van der Waals surface area (Å²) in [5, 5.41) is 8.54. The molecule has 0 heterocycles. The number of carboxylic acids is 1. The number of rotatable bonds is 34. The van der Waals surface area contributed by atoms with Crippen LogP contribution in [0.1, 0.15) is 31.2 Å². The number of esters is 1. The minimum absolute atomic E-state index is 0.0618. The van der Waals surface area contributed by atoms with E-state index >= 15 is 0 Å². The van der Waals surface area contributed by atoms with Crippen molar-refractivity contribution in [2.75, 3.05) is 119 Å². The predicted octanol–water partition coefficient (Wildman–Crippen LogP) is 2.52. The second kappa shape index (κ2) is 32.2. The van der Waals surface area contributed by atoms with Gasteiger partial charge in [0.25, 0.3) is 0 Å². The van der Waals surface area contributed by atoms with Crippen LogP contribution < -0.4 is 0 Å². The number of carbonyl (C=O) groups is 2. The van der Waals surface area contributed by atoms with E-state index in [2.05, 4.69) is 0 Å². The molecule has 0 aliphatic heterocycles. The molecule has 254 valence electrons. The van der Waals surface area contributed by atoms with Gasteiger partial charge < -0.3 is 52.5 Å². The van der Waals surface area contributed by atoms with Crippen LogP contribution >= 0.6 is 0 Å². The van der Waals surface area contributed by atoms with Crippen molar-refractivity contribution in [3.05, 3.63) is 35.9 Å². The summed E-state index contributed by atoms with van der Waals surface area (Å²) in [4.78, 5) is 21.9. The highest BCUT2D eigenvalue weighted by Gasteiger charge is 2.04. The number of hydrogen-bond donors (Lipinski definition) is 1. The summed E-state index contributed by atoms with van der Waals surface area (Å²) in [7, 11) is 0. The number of carbonyl (C=O) groups excluding carboxylic acids is 1. The van der Waals surface area contributed by atoms with E-state index in [-0.39, 0.29) is 32.0 Å². The van der Waals surface area contributed by atoms with Gasteiger partial charge in [0.1, 0.15) is 6.61 Å². The molecule has 1 rings (SSSR count). The van der Waals surface area contributed by atoms with Crippen LogP contribution in [0, 0.1) is 0 Å². The molecule has 13 nitrogen and oxygen atoms in total. The van der Waals surface area contributed by atoms with Crippen molar-refractivity contribution >= 4 is 11.9 Å². The maximum Gasteiger partial charge on any atom is 0.305 e. The van der Waals surface area contributed by atoms with Crippen molar-refractivity contribution in [1.29, 1.82) is 0 Å². The second-order valence-electron chi connectivity index (χ2n) is 9.26. The molecule has 1 N–H and O–H groups in total. The molecule has 1 aromatic rings. The maximum atomic E-state index is 11.5. The highest BCUT2D eigenvalue weighted by molar-refractivity contribution is 5.69. The fraction of sp³-hybridized carbons (Fsp3) is 0.742. The molecule has 0 amide bonds. The van der Waals surface area contributed by atoms with Crippen LogP contribution in [0.5, 0.6) is 0 Å². The highest BCUT2D eigenvalue weighted by Crippen LogP contribution is 2.02. The van der Waals surface area contributed by atoms with Crippen LogP contribution in [-0.2, 0) is 63.6 Å². The normalized spacial score (nSPS) is 11.2. The van der Waals surface area contributed by atoms with Crippen molar-refractivity contribution in [3.63, 3.8) is 0 Å². The van der Waals surface area contributed by atoms with Gasteiger partial charge in [-0.15, -0.1) is 0 Å². The molecule has 0 bridgehead atoms. The van der Waals surface area contributed by atoms with Crippen LogP contribution in [-0.4, -0.2) is 136 Å². The average Bonchev–Trinajstić information content (AvgIpc) is 3.02. The van der Waals surface area contributed by atoms with Crippen molar-refractivity contribution in [2.45, 2.75) is 32.3 Å². The first-order chi connectivity index (χ1) is 21.7. The van der Waals surface area contributed by atoms with Gasteiger partial charge in [-0.05, 0) is 18.4 Å². The van der Waals surface area contributed by atoms with Crippen molar-refractivity contribution in [2.24, 2.45) is 0 Å². The van der Waals surface area contributed by atoms with Gasteiger partial charge in [0.15, 0.2) is 0 Å². The van der Waals surface area contributed by atoms with Crippen LogP contribution in [0.2, 0.25) is 0 Å². The summed E-state index contributed by atoms with van der Waals surface area (Å²) < 4.78 is 54.1. The summed E-state index contributed by atoms with van der Waals surface area (Å²) in [6.45, 7) is 8.81. The van der Waals surface area contributed by atoms with Crippen molar-refractivity contribution in [3.8, 4) is 0 Å². The second-order valence-corrected chi connectivity index (χ2v) is 9.26. The number of carboxylic acid groups (broad SMARTS) is 1. The molecule has 0 radical (unpaired) electrons. The third-order valence-electron chi connectivity index (χ3n) is 5.60. The monoisotopic (exact) mass is 632 g/mol. The Labute approximate surface area is 261 Å². The zero-order chi connectivity index (χ0) is 31.6. The molecule has 0 aromatic heterocycles. The molecular weight excluding hydrogens is 580 g/mol. The largest absolute Gasteiger partial charge is 0.481 e. The molecule has 0 saturated heterocycles. The third-order valence-corrected chi connectivity index (χ3v) is 5.60. The first kappa shape index (κ1) is 39.8. The van der Waals surface area contributed by atoms with Crippen LogP contribution in [0.25, 0.3) is 0 Å². The molecule has 0 aliphatic carbocycles. The smallest absolute Gasteiger partial charge is 0.305 e. The topological polar surface area (TPSA) is 147 Å². The lowest BCUT2D eigenvalue weighted by Crippen LogP contribution is -2.15. The lowest BCUT2D eigenvalue weighted by atomic mass is 10.2. The molecule has 0 saturated carbocycles. The molecule has 44 heavy (non-hydrogen) atoms. The minimum atomic E-state index is -0.862. The number of ether oxygens (including phenoxy) is 10. The lowest BCUT2D eigenvalue weighted by Gasteiger charge is -2.09. The van der Waals surface area contributed by atoms with Crippen molar-refractivity contribution < 1.29 is 62.1 Å². The number of benzene rings is 1. The first-order valence-corrected chi connectivity index (χ1v) is 15.3. The standard InChI is InChI=1S/C31H52O13/c32-30(33)8-4-5-9-31(34)44-27-26-42-23-22-40-19-18-38-15-14-36-11-10-35-12-13-37-16-17-39-20-21-41-24-25-43-28-29-6-2-1-3-7-29/h1-3,6-7H,4-5,8-28H2,(H,32,33). The Morgan fingerprint density at radius 1 is 0.455 bits per heavy atom. The van der Waals surface area contributed by atoms with E-state index in [0.717, 1.165) is 5.56 Å². The number of hydrogen-bond acceptors (Lipinski definition) is 12. The maximum absolute atomic E-state index is 11.5. The summed E-state index contributed by atoms with van der Waals surface area (Å²) in [6, 6.07) is 10.0. The van der Waals surface area contributed by atoms with Gasteiger partial charge >= 0.3 is 11.9 Å². The van der Waals surface area contributed by atoms with E-state index in [0.29, 0.717) is 125 Å². The predicted molar refractivity (Wildman–Crippen MR) is 160 cm³/mol. The van der Waals surface area contributed by atoms with E-state index in [1.54, 1.807) is 0 Å². The zero-order valence-electron chi connectivity index (χ0n) is 26.0. The Kier molecular flexibility index (Phi) is 29.1. The highest BCUT2D eigenvalue weighted by atomic mass is 16.6. The van der Waals surface area contributed by atoms with E-state index in [1.165, 1.54) is 0 Å². The van der Waals surface area contributed by atoms with Crippen LogP contribution in [0.4, 0.5) is 0 Å². The van der Waals surface area contributed by atoms with E-state index in [1.807, 2.05) is 30.3 Å². The summed E-state index contributed by atoms with van der Waals surface area (Å²) in [5.74, 6) is -1.21. The molecule has 13 heteroatoms. The Bertz CT molecular complexity index is 766. The lowest BCUT2D eigenvalue weighted by molar-refractivity contribution is -0.146. The fourth-order valence-corrected chi connectivity index (χ4v) is 3.36. The van der Waals surface area contributed by atoms with Gasteiger partial charge in [-0.3, -0.25) is 9.59 Å². The van der Waals surface area contributed by atoms with Gasteiger partial charge in [-0.2, -0.15) is 0 Å². The molecular formula is C31H52O13. The van der Waals surface area contributed by atoms with E-state index in [4.69, 9.17) is 52.5 Å². The fourth-order valence-electron chi connectivity index (χ4n) is 3.36. The Morgan fingerprint density at radius 3 is 1.18 bits per heavy atom. The average molecular weight is 633 g/mol. The van der Waals surface area contributed by atoms with Gasteiger partial charge in [0.2, 0.25) is 0 Å². The van der Waals surface area contributed by atoms with E-state index in [9.17, 15) is 9.59 Å². The van der Waals surface area contributed by atoms with E-state index < -0.39 is 5.97 Å². The molecule has 0 fully saturated rings. The van der Waals surface area contributed by atoms with Crippen LogP contribution in [0.3, 0.4) is 0 Å². The SMILES string of the molecule is O=C(O)CCCCC(=O)OCCOCCOCCOCCOCCOCCOCCOCCOCCOCc1ccccc1. The molecule has 0 atom stereocenters. The Hall–Kier alpha value is -2.20. The number of unbranched alkanes of at least 4 members (excludes halogenated alkanes) is 1. The summed E-state index contributed by atoms with van der Waals surface area (Å²) >= 11 is 0. The number of aliphatic carboxylic acids is 1. The van der Waals surface area contributed by atoms with Crippen molar-refractivity contribution in [1.82, 2.24) is 0 Å². The minimum Gasteiger partial charge on any atom is -0.481 e. The Balaban J connectivity index is 1.64. The van der Waals surface area contributed by atoms with Crippen LogP contribution in [0.15, 0.2) is 30.3 Å². The molecule has 0 aliphatic rings. The first-order valence-electron chi connectivity index (χ1n) is 15.3. The molecule has 1 aromatic carbocycles. The third kappa shape index (κ3) is 29.9. The zero-order valence-corrected chi connectivity index (χ0v) is 26.0. The van der Waals surface area contributed by atoms with Gasteiger partial charge in [-0.1, -0.05) is 30.3 Å².